The van der Waals surface area contributed by atoms with E-state index in [1.807, 2.05) is 0 Å². The van der Waals surface area contributed by atoms with Crippen LogP contribution < -0.4 is 0 Å². The van der Waals surface area contributed by atoms with Crippen molar-refractivity contribution >= 4 is 5.84 Å². The topological polar surface area (TPSA) is 35.8 Å². The lowest BCUT2D eigenvalue weighted by Crippen LogP contribution is -2.30. The van der Waals surface area contributed by atoms with Crippen LogP contribution in [-0.4, -0.2) is 42.1 Å². The number of β-amino-alcohol motifs (C(OH)–C–C–N with tert-alkyl or cyclic N) is 1. The van der Waals surface area contributed by atoms with E-state index in [9.17, 15) is 0 Å². The molecule has 1 aliphatic rings. The van der Waals surface area contributed by atoms with E-state index in [2.05, 4.69) is 16.8 Å². The number of rotatable bonds is 7. The highest BCUT2D eigenvalue weighted by Gasteiger charge is 2.14. The van der Waals surface area contributed by atoms with E-state index in [4.69, 9.17) is 5.11 Å². The molecule has 1 aliphatic heterocycles. The fourth-order valence-corrected chi connectivity index (χ4v) is 1.84. The zero-order valence-corrected chi connectivity index (χ0v) is 9.21. The largest absolute Gasteiger partial charge is 0.395 e. The summed E-state index contributed by atoms with van der Waals surface area (Å²) in [5.74, 6) is 1.22. The first-order chi connectivity index (χ1) is 6.88. The zero-order chi connectivity index (χ0) is 10.2. The summed E-state index contributed by atoms with van der Waals surface area (Å²) in [5, 5.41) is 8.86. The van der Waals surface area contributed by atoms with Crippen molar-refractivity contribution in [1.82, 2.24) is 4.90 Å². The van der Waals surface area contributed by atoms with Gasteiger partial charge in [-0.25, -0.2) is 0 Å². The maximum atomic E-state index is 8.86. The molecular formula is C11H22N2O. The third-order valence-corrected chi connectivity index (χ3v) is 2.65. The van der Waals surface area contributed by atoms with Crippen molar-refractivity contribution in [2.24, 2.45) is 4.99 Å². The Kier molecular flexibility index (Phi) is 5.60. The number of aliphatic imine (C=N–C) groups is 1. The second-order valence-corrected chi connectivity index (χ2v) is 3.82. The number of nitrogens with zero attached hydrogens (tertiary/aromatic N) is 2. The van der Waals surface area contributed by atoms with Gasteiger partial charge in [0.15, 0.2) is 0 Å². The molecule has 0 aliphatic carbocycles. The van der Waals surface area contributed by atoms with Gasteiger partial charge in [0, 0.05) is 19.5 Å². The molecule has 1 rings (SSSR count). The van der Waals surface area contributed by atoms with Crippen LogP contribution in [0.4, 0.5) is 0 Å². The molecule has 0 fully saturated rings. The molecular weight excluding hydrogens is 176 g/mol. The molecule has 0 saturated heterocycles. The standard InChI is InChI=1S/C11H22N2O/c1-2-3-4-5-6-11-12-7-8-13(11)9-10-14/h14H,2-10H2,1H3. The van der Waals surface area contributed by atoms with E-state index in [1.54, 1.807) is 0 Å². The molecule has 1 heterocycles. The fourth-order valence-electron chi connectivity index (χ4n) is 1.84. The Morgan fingerprint density at radius 3 is 2.93 bits per heavy atom. The monoisotopic (exact) mass is 198 g/mol. The molecule has 3 nitrogen and oxygen atoms in total. The van der Waals surface area contributed by atoms with Crippen LogP contribution in [0.25, 0.3) is 0 Å². The summed E-state index contributed by atoms with van der Waals surface area (Å²) in [4.78, 5) is 6.68. The Hall–Kier alpha value is -0.570. The van der Waals surface area contributed by atoms with Crippen LogP contribution in [0.1, 0.15) is 39.0 Å². The first-order valence-electron chi connectivity index (χ1n) is 5.77. The van der Waals surface area contributed by atoms with Crippen LogP contribution >= 0.6 is 0 Å². The summed E-state index contributed by atoms with van der Waals surface area (Å²) >= 11 is 0. The Morgan fingerprint density at radius 2 is 2.21 bits per heavy atom. The minimum Gasteiger partial charge on any atom is -0.395 e. The van der Waals surface area contributed by atoms with Crippen LogP contribution in [0.5, 0.6) is 0 Å². The van der Waals surface area contributed by atoms with E-state index < -0.39 is 0 Å². The Balaban J connectivity index is 2.15. The molecule has 0 amide bonds. The lowest BCUT2D eigenvalue weighted by molar-refractivity contribution is 0.255. The van der Waals surface area contributed by atoms with Crippen molar-refractivity contribution in [2.75, 3.05) is 26.2 Å². The van der Waals surface area contributed by atoms with Crippen LogP contribution in [0.2, 0.25) is 0 Å². The SMILES string of the molecule is CCCCCCC1=NCCN1CCO. The maximum Gasteiger partial charge on any atom is 0.0991 e. The van der Waals surface area contributed by atoms with Crippen LogP contribution in [0.3, 0.4) is 0 Å². The normalized spacial score (nSPS) is 16.1. The quantitative estimate of drug-likeness (QED) is 0.632. The van der Waals surface area contributed by atoms with E-state index in [-0.39, 0.29) is 6.61 Å². The number of unbranched alkanes of at least 4 members (excludes halogenated alkanes) is 3. The predicted octanol–water partition coefficient (Wildman–Crippen LogP) is 1.66. The van der Waals surface area contributed by atoms with Crippen molar-refractivity contribution in [3.63, 3.8) is 0 Å². The fraction of sp³-hybridized carbons (Fsp3) is 0.909. The zero-order valence-electron chi connectivity index (χ0n) is 9.21. The lowest BCUT2D eigenvalue weighted by atomic mass is 10.1. The molecule has 0 aromatic carbocycles. The summed E-state index contributed by atoms with van der Waals surface area (Å²) in [5.41, 5.74) is 0. The van der Waals surface area contributed by atoms with Gasteiger partial charge in [-0.05, 0) is 6.42 Å². The number of aliphatic hydroxyl groups excluding tert-OH is 1. The van der Waals surface area contributed by atoms with E-state index >= 15 is 0 Å². The van der Waals surface area contributed by atoms with Gasteiger partial charge >= 0.3 is 0 Å². The van der Waals surface area contributed by atoms with E-state index in [0.717, 1.165) is 26.1 Å². The van der Waals surface area contributed by atoms with Crippen molar-refractivity contribution in [1.29, 1.82) is 0 Å². The summed E-state index contributed by atoms with van der Waals surface area (Å²) in [6, 6.07) is 0. The van der Waals surface area contributed by atoms with E-state index in [1.165, 1.54) is 31.5 Å². The number of aliphatic hydroxyl groups is 1. The molecule has 0 atom stereocenters. The van der Waals surface area contributed by atoms with Gasteiger partial charge in [-0.2, -0.15) is 0 Å². The smallest absolute Gasteiger partial charge is 0.0991 e. The first kappa shape index (κ1) is 11.5. The summed E-state index contributed by atoms with van der Waals surface area (Å²) in [6.45, 7) is 5.15. The van der Waals surface area contributed by atoms with Crippen LogP contribution in [-0.2, 0) is 0 Å². The van der Waals surface area contributed by atoms with E-state index in [0.29, 0.717) is 0 Å². The number of hydrogen-bond acceptors (Lipinski definition) is 3. The molecule has 0 aromatic rings. The van der Waals surface area contributed by atoms with Crippen LogP contribution in [0, 0.1) is 0 Å². The molecule has 3 heteroatoms. The average molecular weight is 198 g/mol. The molecule has 1 N–H and O–H groups in total. The Labute approximate surface area is 86.8 Å². The third kappa shape index (κ3) is 3.66. The predicted molar refractivity (Wildman–Crippen MR) is 59.7 cm³/mol. The van der Waals surface area contributed by atoms with Crippen molar-refractivity contribution < 1.29 is 5.11 Å². The van der Waals surface area contributed by atoms with Crippen molar-refractivity contribution in [2.45, 2.75) is 39.0 Å². The molecule has 14 heavy (non-hydrogen) atoms. The average Bonchev–Trinajstić information content (AvgIpc) is 2.61. The first-order valence-corrected chi connectivity index (χ1v) is 5.77. The highest BCUT2D eigenvalue weighted by atomic mass is 16.3. The van der Waals surface area contributed by atoms with Crippen LogP contribution in [0.15, 0.2) is 4.99 Å². The minimum absolute atomic E-state index is 0.244. The molecule has 0 aromatic heterocycles. The van der Waals surface area contributed by atoms with Gasteiger partial charge in [0.1, 0.15) is 0 Å². The highest BCUT2D eigenvalue weighted by molar-refractivity contribution is 5.83. The molecule has 82 valence electrons. The lowest BCUT2D eigenvalue weighted by Gasteiger charge is -2.18. The van der Waals surface area contributed by atoms with Crippen molar-refractivity contribution in [3.05, 3.63) is 0 Å². The Bertz CT molecular complexity index is 180. The maximum absolute atomic E-state index is 8.86. The highest BCUT2D eigenvalue weighted by Crippen LogP contribution is 2.10. The van der Waals surface area contributed by atoms with Crippen molar-refractivity contribution in [3.8, 4) is 0 Å². The second-order valence-electron chi connectivity index (χ2n) is 3.82. The van der Waals surface area contributed by atoms with Gasteiger partial charge in [0.05, 0.1) is 19.0 Å². The molecule has 0 bridgehead atoms. The van der Waals surface area contributed by atoms with Gasteiger partial charge in [-0.15, -0.1) is 0 Å². The van der Waals surface area contributed by atoms with Gasteiger partial charge in [-0.1, -0.05) is 26.2 Å². The summed E-state index contributed by atoms with van der Waals surface area (Å²) < 4.78 is 0. The number of hydrogen-bond donors (Lipinski definition) is 1. The van der Waals surface area contributed by atoms with Gasteiger partial charge < -0.3 is 10.0 Å². The molecule has 0 spiro atoms. The molecule has 0 saturated carbocycles. The van der Waals surface area contributed by atoms with Gasteiger partial charge in [-0.3, -0.25) is 4.99 Å². The Morgan fingerprint density at radius 1 is 1.36 bits per heavy atom. The van der Waals surface area contributed by atoms with Gasteiger partial charge in [0.2, 0.25) is 0 Å². The molecule has 0 unspecified atom stereocenters. The number of amidine groups is 1. The second kappa shape index (κ2) is 6.82. The summed E-state index contributed by atoms with van der Waals surface area (Å²) in [7, 11) is 0. The van der Waals surface area contributed by atoms with Gasteiger partial charge in [0.25, 0.3) is 0 Å². The molecule has 0 radical (unpaired) electrons. The minimum atomic E-state index is 0.244. The summed E-state index contributed by atoms with van der Waals surface area (Å²) in [6.07, 6.45) is 6.26. The third-order valence-electron chi connectivity index (χ3n) is 2.65.